The molecule has 0 fully saturated rings. The Kier molecular flexibility index (Phi) is 7.12. The van der Waals surface area contributed by atoms with Crippen molar-refractivity contribution in [1.29, 1.82) is 0 Å². The number of ether oxygens (including phenoxy) is 1. The van der Waals surface area contributed by atoms with Crippen molar-refractivity contribution in [2.75, 3.05) is 0 Å². The lowest BCUT2D eigenvalue weighted by Gasteiger charge is -2.09. The number of fused-ring (bicyclic) bond motifs is 1. The summed E-state index contributed by atoms with van der Waals surface area (Å²) in [6.07, 6.45) is 4.32. The Balaban J connectivity index is 1.62. The van der Waals surface area contributed by atoms with Crippen molar-refractivity contribution in [3.05, 3.63) is 105 Å². The van der Waals surface area contributed by atoms with Gasteiger partial charge in [0, 0.05) is 10.9 Å². The van der Waals surface area contributed by atoms with Gasteiger partial charge in [0.15, 0.2) is 0 Å². The third-order valence-corrected chi connectivity index (χ3v) is 5.55. The molecule has 0 unspecified atom stereocenters. The van der Waals surface area contributed by atoms with E-state index in [2.05, 4.69) is 28.0 Å². The van der Waals surface area contributed by atoms with Crippen molar-refractivity contribution >= 4 is 33.0 Å². The van der Waals surface area contributed by atoms with E-state index in [0.717, 1.165) is 34.2 Å². The highest BCUT2D eigenvalue weighted by Gasteiger charge is 2.11. The van der Waals surface area contributed by atoms with Crippen molar-refractivity contribution in [3.8, 4) is 5.75 Å². The standard InChI is InChI=1S/C26H24BrN3O2/c1-2-3-12-25-29-24-14-13-21(27)16-23(24)26(31)30(25)28-17-20-10-7-11-22(15-20)32-18-19-8-5-4-6-9-19/h4-11,13-17H,2-3,12,18H2,1H3. The molecule has 0 spiro atoms. The zero-order chi connectivity index (χ0) is 22.3. The van der Waals surface area contributed by atoms with Gasteiger partial charge >= 0.3 is 0 Å². The SMILES string of the molecule is CCCCc1nc2ccc(Br)cc2c(=O)n1N=Cc1cccc(OCc2ccccc2)c1. The number of aromatic nitrogens is 2. The van der Waals surface area contributed by atoms with Crippen LogP contribution in [0, 0.1) is 0 Å². The highest BCUT2D eigenvalue weighted by atomic mass is 79.9. The van der Waals surface area contributed by atoms with Crippen LogP contribution >= 0.6 is 15.9 Å². The fraction of sp³-hybridized carbons (Fsp3) is 0.192. The monoisotopic (exact) mass is 489 g/mol. The van der Waals surface area contributed by atoms with Crippen LogP contribution in [-0.4, -0.2) is 15.9 Å². The van der Waals surface area contributed by atoms with E-state index in [4.69, 9.17) is 9.72 Å². The molecule has 0 aliphatic heterocycles. The molecule has 0 amide bonds. The summed E-state index contributed by atoms with van der Waals surface area (Å²) in [5, 5.41) is 5.05. The number of hydrogen-bond acceptors (Lipinski definition) is 4. The van der Waals surface area contributed by atoms with Crippen LogP contribution in [0.3, 0.4) is 0 Å². The van der Waals surface area contributed by atoms with Gasteiger partial charge in [0.05, 0.1) is 17.1 Å². The lowest BCUT2D eigenvalue weighted by atomic mass is 10.2. The topological polar surface area (TPSA) is 56.5 Å². The van der Waals surface area contributed by atoms with Gasteiger partial charge in [0.2, 0.25) is 0 Å². The third-order valence-electron chi connectivity index (χ3n) is 5.06. The Bertz CT molecular complexity index is 1300. The lowest BCUT2D eigenvalue weighted by Crippen LogP contribution is -2.22. The van der Waals surface area contributed by atoms with E-state index in [0.29, 0.717) is 29.8 Å². The zero-order valence-electron chi connectivity index (χ0n) is 17.9. The summed E-state index contributed by atoms with van der Waals surface area (Å²) in [5.74, 6) is 1.41. The molecular formula is C26H24BrN3O2. The number of hydrogen-bond donors (Lipinski definition) is 0. The molecule has 5 nitrogen and oxygen atoms in total. The van der Waals surface area contributed by atoms with E-state index in [1.807, 2.05) is 66.7 Å². The predicted molar refractivity (Wildman–Crippen MR) is 133 cm³/mol. The largest absolute Gasteiger partial charge is 0.489 e. The van der Waals surface area contributed by atoms with E-state index in [-0.39, 0.29) is 5.56 Å². The van der Waals surface area contributed by atoms with Gasteiger partial charge in [0.25, 0.3) is 5.56 Å². The van der Waals surface area contributed by atoms with E-state index in [1.54, 1.807) is 12.3 Å². The number of aryl methyl sites for hydroxylation is 1. The molecule has 0 saturated carbocycles. The maximum absolute atomic E-state index is 13.2. The third kappa shape index (κ3) is 5.32. The second-order valence-electron chi connectivity index (χ2n) is 7.50. The van der Waals surface area contributed by atoms with Crippen LogP contribution in [0.4, 0.5) is 0 Å². The zero-order valence-corrected chi connectivity index (χ0v) is 19.5. The minimum Gasteiger partial charge on any atom is -0.489 e. The summed E-state index contributed by atoms with van der Waals surface area (Å²) in [6, 6.07) is 23.2. The summed E-state index contributed by atoms with van der Waals surface area (Å²) < 4.78 is 8.16. The number of rotatable bonds is 8. The van der Waals surface area contributed by atoms with Gasteiger partial charge in [-0.25, -0.2) is 4.98 Å². The quantitative estimate of drug-likeness (QED) is 0.286. The molecule has 3 aromatic carbocycles. The molecule has 162 valence electrons. The summed E-state index contributed by atoms with van der Waals surface area (Å²) in [5.41, 5.74) is 2.47. The highest BCUT2D eigenvalue weighted by Crippen LogP contribution is 2.17. The average Bonchev–Trinajstić information content (AvgIpc) is 2.82. The summed E-state index contributed by atoms with van der Waals surface area (Å²) in [4.78, 5) is 17.9. The molecular weight excluding hydrogens is 466 g/mol. The van der Waals surface area contributed by atoms with Gasteiger partial charge in [-0.15, -0.1) is 0 Å². The molecule has 32 heavy (non-hydrogen) atoms. The fourth-order valence-corrected chi connectivity index (χ4v) is 3.72. The van der Waals surface area contributed by atoms with Crippen LogP contribution in [0.1, 0.15) is 36.7 Å². The van der Waals surface area contributed by atoms with E-state index in [9.17, 15) is 4.79 Å². The van der Waals surface area contributed by atoms with Crippen LogP contribution in [0.5, 0.6) is 5.75 Å². The van der Waals surface area contributed by atoms with Crippen molar-refractivity contribution in [2.24, 2.45) is 5.10 Å². The second kappa shape index (κ2) is 10.4. The highest BCUT2D eigenvalue weighted by molar-refractivity contribution is 9.10. The van der Waals surface area contributed by atoms with E-state index >= 15 is 0 Å². The normalized spacial score (nSPS) is 11.3. The molecule has 1 aromatic heterocycles. The summed E-state index contributed by atoms with van der Waals surface area (Å²) in [7, 11) is 0. The molecule has 0 aliphatic carbocycles. The molecule has 4 rings (SSSR count). The number of unbranched alkanes of at least 4 members (excludes halogenated alkanes) is 1. The van der Waals surface area contributed by atoms with Crippen molar-refractivity contribution in [3.63, 3.8) is 0 Å². The molecule has 0 atom stereocenters. The summed E-state index contributed by atoms with van der Waals surface area (Å²) in [6.45, 7) is 2.61. The number of benzene rings is 3. The Hall–Kier alpha value is -3.25. The first kappa shape index (κ1) is 22.0. The first-order chi connectivity index (χ1) is 15.6. The van der Waals surface area contributed by atoms with E-state index in [1.165, 1.54) is 4.68 Å². The van der Waals surface area contributed by atoms with Gasteiger partial charge in [-0.1, -0.05) is 71.7 Å². The smallest absolute Gasteiger partial charge is 0.282 e. The molecule has 4 aromatic rings. The molecule has 0 saturated heterocycles. The van der Waals surface area contributed by atoms with Crippen LogP contribution in [0.15, 0.2) is 87.2 Å². The van der Waals surface area contributed by atoms with Gasteiger partial charge in [-0.2, -0.15) is 9.78 Å². The molecule has 0 bridgehead atoms. The minimum absolute atomic E-state index is 0.171. The minimum atomic E-state index is -0.171. The van der Waals surface area contributed by atoms with Crippen LogP contribution in [0.25, 0.3) is 10.9 Å². The van der Waals surface area contributed by atoms with E-state index < -0.39 is 0 Å². The predicted octanol–water partition coefficient (Wildman–Crippen LogP) is 5.96. The van der Waals surface area contributed by atoms with Crippen molar-refractivity contribution in [1.82, 2.24) is 9.66 Å². The van der Waals surface area contributed by atoms with Gasteiger partial charge in [-0.3, -0.25) is 4.79 Å². The first-order valence-corrected chi connectivity index (χ1v) is 11.5. The van der Waals surface area contributed by atoms with Crippen LogP contribution in [-0.2, 0) is 13.0 Å². The van der Waals surface area contributed by atoms with Crippen molar-refractivity contribution < 1.29 is 4.74 Å². The molecule has 0 radical (unpaired) electrons. The molecule has 0 aliphatic rings. The Labute approximate surface area is 195 Å². The second-order valence-corrected chi connectivity index (χ2v) is 8.42. The maximum Gasteiger partial charge on any atom is 0.282 e. The summed E-state index contributed by atoms with van der Waals surface area (Å²) >= 11 is 3.44. The maximum atomic E-state index is 13.2. The molecule has 0 N–H and O–H groups in total. The van der Waals surface area contributed by atoms with Crippen LogP contribution in [0.2, 0.25) is 0 Å². The van der Waals surface area contributed by atoms with Gasteiger partial charge in [-0.05, 0) is 47.9 Å². The first-order valence-electron chi connectivity index (χ1n) is 10.7. The lowest BCUT2D eigenvalue weighted by molar-refractivity contribution is 0.306. The van der Waals surface area contributed by atoms with Gasteiger partial charge < -0.3 is 4.74 Å². The fourth-order valence-electron chi connectivity index (χ4n) is 3.36. The Morgan fingerprint density at radius 1 is 1.06 bits per heavy atom. The van der Waals surface area contributed by atoms with Crippen molar-refractivity contribution in [2.45, 2.75) is 32.8 Å². The van der Waals surface area contributed by atoms with Gasteiger partial charge in [0.1, 0.15) is 18.2 Å². The number of nitrogens with zero attached hydrogens (tertiary/aromatic N) is 3. The molecule has 1 heterocycles. The average molecular weight is 490 g/mol. The molecule has 6 heteroatoms. The number of halogens is 1. The Morgan fingerprint density at radius 2 is 1.91 bits per heavy atom. The van der Waals surface area contributed by atoms with Crippen LogP contribution < -0.4 is 10.3 Å². The Morgan fingerprint density at radius 3 is 2.72 bits per heavy atom.